The summed E-state index contributed by atoms with van der Waals surface area (Å²) in [6.07, 6.45) is 0. The van der Waals surface area contributed by atoms with Crippen LogP contribution in [0.5, 0.6) is 0 Å². The monoisotopic (exact) mass is 306 g/mol. The van der Waals surface area contributed by atoms with Gasteiger partial charge in [-0.25, -0.2) is 4.39 Å². The molecule has 1 amide bonds. The minimum Gasteiger partial charge on any atom is -0.352 e. The summed E-state index contributed by atoms with van der Waals surface area (Å²) in [5, 5.41) is 6.07. The molecular weight excluding hydrogens is 290 g/mol. The van der Waals surface area contributed by atoms with E-state index in [-0.39, 0.29) is 29.3 Å². The van der Waals surface area contributed by atoms with Crippen molar-refractivity contribution in [2.75, 3.05) is 13.1 Å². The molecule has 6 heteroatoms. The highest BCUT2D eigenvalue weighted by molar-refractivity contribution is 6.30. The van der Waals surface area contributed by atoms with Gasteiger partial charge in [-0.15, -0.1) is 12.4 Å². The third-order valence-corrected chi connectivity index (χ3v) is 3.67. The Labute approximate surface area is 123 Å². The molecule has 0 radical (unpaired) electrons. The molecule has 0 spiro atoms. The first-order chi connectivity index (χ1) is 8.58. The molecule has 0 saturated carbocycles. The molecule has 3 nitrogen and oxygen atoms in total. The molecule has 1 heterocycles. The van der Waals surface area contributed by atoms with Gasteiger partial charge in [-0.05, 0) is 36.7 Å². The molecular formula is C13H17Cl2FN2O. The van der Waals surface area contributed by atoms with E-state index in [9.17, 15) is 9.18 Å². The van der Waals surface area contributed by atoms with Crippen LogP contribution < -0.4 is 10.6 Å². The largest absolute Gasteiger partial charge is 0.352 e. The number of carbonyl (C=O) groups is 1. The lowest BCUT2D eigenvalue weighted by Gasteiger charge is -2.31. The SMILES string of the molecule is CC(C(=O)NCc1ccc(F)c(Cl)c1)C1CNC1.Cl. The van der Waals surface area contributed by atoms with E-state index >= 15 is 0 Å². The molecule has 2 N–H and O–H groups in total. The van der Waals surface area contributed by atoms with Crippen LogP contribution in [0.2, 0.25) is 5.02 Å². The van der Waals surface area contributed by atoms with Crippen molar-refractivity contribution in [2.24, 2.45) is 11.8 Å². The Kier molecular flexibility index (Phi) is 6.04. The first-order valence-corrected chi connectivity index (χ1v) is 6.38. The van der Waals surface area contributed by atoms with Crippen LogP contribution in [0.1, 0.15) is 12.5 Å². The van der Waals surface area contributed by atoms with Crippen LogP contribution in [0, 0.1) is 17.7 Å². The van der Waals surface area contributed by atoms with Crippen molar-refractivity contribution in [1.29, 1.82) is 0 Å². The van der Waals surface area contributed by atoms with Gasteiger partial charge in [-0.3, -0.25) is 4.79 Å². The van der Waals surface area contributed by atoms with E-state index in [1.807, 2.05) is 6.92 Å². The average molecular weight is 307 g/mol. The maximum Gasteiger partial charge on any atom is 0.223 e. The third-order valence-electron chi connectivity index (χ3n) is 3.38. The summed E-state index contributed by atoms with van der Waals surface area (Å²) in [4.78, 5) is 11.9. The Hall–Kier alpha value is -0.840. The molecule has 0 aliphatic carbocycles. The summed E-state index contributed by atoms with van der Waals surface area (Å²) in [7, 11) is 0. The van der Waals surface area contributed by atoms with Crippen LogP contribution in [-0.4, -0.2) is 19.0 Å². The standard InChI is InChI=1S/C13H16ClFN2O.ClH/c1-8(10-6-16-7-10)13(18)17-5-9-2-3-12(15)11(14)4-9;/h2-4,8,10,16H,5-7H2,1H3,(H,17,18);1H. The molecule has 2 rings (SSSR count). The van der Waals surface area contributed by atoms with Crippen molar-refractivity contribution in [3.63, 3.8) is 0 Å². The van der Waals surface area contributed by atoms with Gasteiger partial charge in [0.05, 0.1) is 5.02 Å². The Morgan fingerprint density at radius 1 is 1.58 bits per heavy atom. The summed E-state index contributed by atoms with van der Waals surface area (Å²) >= 11 is 5.68. The molecule has 106 valence electrons. The van der Waals surface area contributed by atoms with Gasteiger partial charge in [-0.2, -0.15) is 0 Å². The maximum atomic E-state index is 13.0. The maximum absolute atomic E-state index is 13.0. The molecule has 0 aromatic heterocycles. The fourth-order valence-corrected chi connectivity index (χ4v) is 2.08. The summed E-state index contributed by atoms with van der Waals surface area (Å²) in [6, 6.07) is 4.47. The second-order valence-corrected chi connectivity index (χ2v) is 5.08. The van der Waals surface area contributed by atoms with Crippen molar-refractivity contribution in [1.82, 2.24) is 10.6 Å². The Morgan fingerprint density at radius 2 is 2.26 bits per heavy atom. The lowest BCUT2D eigenvalue weighted by molar-refractivity contribution is -0.126. The molecule has 1 fully saturated rings. The minimum absolute atomic E-state index is 0. The molecule has 1 aliphatic heterocycles. The second kappa shape index (κ2) is 7.08. The van der Waals surface area contributed by atoms with Gasteiger partial charge in [-0.1, -0.05) is 24.6 Å². The number of rotatable bonds is 4. The lowest BCUT2D eigenvalue weighted by atomic mass is 9.88. The van der Waals surface area contributed by atoms with Crippen LogP contribution in [0.15, 0.2) is 18.2 Å². The van der Waals surface area contributed by atoms with Gasteiger partial charge in [0.15, 0.2) is 0 Å². The zero-order chi connectivity index (χ0) is 13.1. The number of hydrogen-bond acceptors (Lipinski definition) is 2. The van der Waals surface area contributed by atoms with E-state index in [1.165, 1.54) is 12.1 Å². The number of halogens is 3. The zero-order valence-corrected chi connectivity index (χ0v) is 12.2. The van der Waals surface area contributed by atoms with Crippen LogP contribution >= 0.6 is 24.0 Å². The first kappa shape index (κ1) is 16.2. The van der Waals surface area contributed by atoms with Crippen molar-refractivity contribution >= 4 is 29.9 Å². The number of hydrogen-bond donors (Lipinski definition) is 2. The van der Waals surface area contributed by atoms with Crippen molar-refractivity contribution in [3.05, 3.63) is 34.6 Å². The second-order valence-electron chi connectivity index (χ2n) is 4.67. The topological polar surface area (TPSA) is 41.1 Å². The van der Waals surface area contributed by atoms with Gasteiger partial charge in [0.2, 0.25) is 5.91 Å². The number of amides is 1. The van der Waals surface area contributed by atoms with E-state index in [4.69, 9.17) is 11.6 Å². The zero-order valence-electron chi connectivity index (χ0n) is 10.6. The predicted octanol–water partition coefficient (Wildman–Crippen LogP) is 2.37. The normalized spacial score (nSPS) is 16.2. The summed E-state index contributed by atoms with van der Waals surface area (Å²) in [5.74, 6) is 0.00609. The molecule has 1 aromatic rings. The van der Waals surface area contributed by atoms with Crippen LogP contribution in [0.4, 0.5) is 4.39 Å². The molecule has 1 aromatic carbocycles. The van der Waals surface area contributed by atoms with Gasteiger partial charge >= 0.3 is 0 Å². The Balaban J connectivity index is 0.00000180. The summed E-state index contributed by atoms with van der Waals surface area (Å²) < 4.78 is 13.0. The molecule has 1 saturated heterocycles. The predicted molar refractivity (Wildman–Crippen MR) is 76.0 cm³/mol. The van der Waals surface area contributed by atoms with E-state index in [0.717, 1.165) is 18.7 Å². The van der Waals surface area contributed by atoms with Gasteiger partial charge < -0.3 is 10.6 Å². The Bertz CT molecular complexity index is 452. The van der Waals surface area contributed by atoms with Crippen LogP contribution in [0.3, 0.4) is 0 Å². The number of nitrogens with one attached hydrogen (secondary N) is 2. The molecule has 1 unspecified atom stereocenters. The molecule has 0 bridgehead atoms. The van der Waals surface area contributed by atoms with Crippen molar-refractivity contribution < 1.29 is 9.18 Å². The highest BCUT2D eigenvalue weighted by Crippen LogP contribution is 2.17. The van der Waals surface area contributed by atoms with Crippen molar-refractivity contribution in [2.45, 2.75) is 13.5 Å². The van der Waals surface area contributed by atoms with Crippen LogP contribution in [-0.2, 0) is 11.3 Å². The fraction of sp³-hybridized carbons (Fsp3) is 0.462. The summed E-state index contributed by atoms with van der Waals surface area (Å²) in [6.45, 7) is 4.11. The highest BCUT2D eigenvalue weighted by atomic mass is 35.5. The van der Waals surface area contributed by atoms with E-state index in [1.54, 1.807) is 6.07 Å². The van der Waals surface area contributed by atoms with Crippen molar-refractivity contribution in [3.8, 4) is 0 Å². The minimum atomic E-state index is -0.444. The van der Waals surface area contributed by atoms with Gasteiger partial charge in [0.1, 0.15) is 5.82 Å². The average Bonchev–Trinajstić information content (AvgIpc) is 2.28. The third kappa shape index (κ3) is 4.06. The van der Waals surface area contributed by atoms with Crippen LogP contribution in [0.25, 0.3) is 0 Å². The van der Waals surface area contributed by atoms with Gasteiger partial charge in [0, 0.05) is 12.5 Å². The highest BCUT2D eigenvalue weighted by Gasteiger charge is 2.28. The molecule has 1 atom stereocenters. The van der Waals surface area contributed by atoms with Gasteiger partial charge in [0.25, 0.3) is 0 Å². The van der Waals surface area contributed by atoms with E-state index < -0.39 is 5.82 Å². The quantitative estimate of drug-likeness (QED) is 0.897. The van der Waals surface area contributed by atoms with E-state index in [2.05, 4.69) is 10.6 Å². The number of carbonyl (C=O) groups excluding carboxylic acids is 1. The fourth-order valence-electron chi connectivity index (χ4n) is 1.88. The molecule has 19 heavy (non-hydrogen) atoms. The smallest absolute Gasteiger partial charge is 0.223 e. The summed E-state index contributed by atoms with van der Waals surface area (Å²) in [5.41, 5.74) is 0.800. The molecule has 1 aliphatic rings. The first-order valence-electron chi connectivity index (χ1n) is 6.00. The van der Waals surface area contributed by atoms with E-state index in [0.29, 0.717) is 12.5 Å². The Morgan fingerprint density at radius 3 is 2.79 bits per heavy atom. The number of benzene rings is 1. The lowest BCUT2D eigenvalue weighted by Crippen LogP contribution is -2.49.